The van der Waals surface area contributed by atoms with E-state index in [9.17, 15) is 0 Å². The quantitative estimate of drug-likeness (QED) is 0.345. The van der Waals surface area contributed by atoms with Crippen molar-refractivity contribution in [2.24, 2.45) is 0 Å². The van der Waals surface area contributed by atoms with Crippen LogP contribution in [0.2, 0.25) is 0 Å². The molecule has 3 aromatic carbocycles. The Morgan fingerprint density at radius 1 is 0.759 bits per heavy atom. The molecule has 154 valence electrons. The van der Waals surface area contributed by atoms with Gasteiger partial charge < -0.3 is 4.90 Å². The SMILES string of the molecule is CCN(C)CCCN(CCSCc1ccccc1)Cc1ccc2ccccc2c1. The highest BCUT2D eigenvalue weighted by atomic mass is 32.2. The van der Waals surface area contributed by atoms with E-state index in [1.54, 1.807) is 0 Å². The third kappa shape index (κ3) is 7.50. The molecule has 3 heteroatoms. The maximum Gasteiger partial charge on any atom is 0.0234 e. The Morgan fingerprint density at radius 3 is 2.31 bits per heavy atom. The molecular formula is C26H34N2S. The van der Waals surface area contributed by atoms with Gasteiger partial charge in [0.1, 0.15) is 0 Å². The van der Waals surface area contributed by atoms with E-state index in [2.05, 4.69) is 96.6 Å². The lowest BCUT2D eigenvalue weighted by molar-refractivity contribution is 0.253. The van der Waals surface area contributed by atoms with Crippen LogP contribution in [0.3, 0.4) is 0 Å². The molecule has 0 aromatic heterocycles. The topological polar surface area (TPSA) is 6.48 Å². The maximum atomic E-state index is 2.63. The van der Waals surface area contributed by atoms with E-state index >= 15 is 0 Å². The molecule has 0 saturated carbocycles. The number of benzene rings is 3. The van der Waals surface area contributed by atoms with E-state index < -0.39 is 0 Å². The predicted octanol–water partition coefficient (Wildman–Crippen LogP) is 5.92. The minimum Gasteiger partial charge on any atom is -0.307 e. The summed E-state index contributed by atoms with van der Waals surface area (Å²) in [7, 11) is 2.21. The summed E-state index contributed by atoms with van der Waals surface area (Å²) >= 11 is 2.04. The second kappa shape index (κ2) is 12.0. The molecule has 0 atom stereocenters. The second-order valence-corrected chi connectivity index (χ2v) is 8.85. The highest BCUT2D eigenvalue weighted by Gasteiger charge is 2.08. The van der Waals surface area contributed by atoms with Gasteiger partial charge in [-0.15, -0.1) is 0 Å². The molecule has 0 aliphatic rings. The summed E-state index contributed by atoms with van der Waals surface area (Å²) in [4.78, 5) is 5.03. The van der Waals surface area contributed by atoms with Gasteiger partial charge in [-0.1, -0.05) is 73.7 Å². The largest absolute Gasteiger partial charge is 0.307 e. The van der Waals surface area contributed by atoms with E-state index in [1.165, 1.54) is 40.6 Å². The Hall–Kier alpha value is -1.81. The molecule has 3 aromatic rings. The fourth-order valence-electron chi connectivity index (χ4n) is 3.55. The van der Waals surface area contributed by atoms with E-state index in [-0.39, 0.29) is 0 Å². The molecular weight excluding hydrogens is 372 g/mol. The fraction of sp³-hybridized carbons (Fsp3) is 0.385. The van der Waals surface area contributed by atoms with E-state index in [1.807, 2.05) is 11.8 Å². The van der Waals surface area contributed by atoms with Crippen LogP contribution in [0.4, 0.5) is 0 Å². The molecule has 0 bridgehead atoms. The summed E-state index contributed by atoms with van der Waals surface area (Å²) in [6.45, 7) is 7.85. The summed E-state index contributed by atoms with van der Waals surface area (Å²) in [5.74, 6) is 2.27. The van der Waals surface area contributed by atoms with Crippen molar-refractivity contribution in [1.29, 1.82) is 0 Å². The Bertz CT molecular complexity index is 849. The fourth-order valence-corrected chi connectivity index (χ4v) is 4.51. The van der Waals surface area contributed by atoms with Crippen LogP contribution in [0, 0.1) is 0 Å². The molecule has 0 aliphatic heterocycles. The van der Waals surface area contributed by atoms with E-state index in [0.717, 1.165) is 31.9 Å². The number of nitrogens with zero attached hydrogens (tertiary/aromatic N) is 2. The van der Waals surface area contributed by atoms with Gasteiger partial charge in [0.25, 0.3) is 0 Å². The van der Waals surface area contributed by atoms with Gasteiger partial charge in [-0.2, -0.15) is 11.8 Å². The van der Waals surface area contributed by atoms with Crippen LogP contribution in [0.1, 0.15) is 24.5 Å². The van der Waals surface area contributed by atoms with Crippen molar-refractivity contribution in [3.63, 3.8) is 0 Å². The molecule has 0 saturated heterocycles. The number of rotatable bonds is 12. The standard InChI is InChI=1S/C26H34N2S/c1-3-27(2)16-9-17-28(18-19-29-22-23-10-5-4-6-11-23)21-24-14-15-25-12-7-8-13-26(25)20-24/h4-8,10-15,20H,3,9,16-19,21-22H2,1-2H3. The van der Waals surface area contributed by atoms with Crippen molar-refractivity contribution in [1.82, 2.24) is 9.80 Å². The lowest BCUT2D eigenvalue weighted by Gasteiger charge is -2.24. The molecule has 0 unspecified atom stereocenters. The molecule has 29 heavy (non-hydrogen) atoms. The summed E-state index contributed by atoms with van der Waals surface area (Å²) in [6.07, 6.45) is 1.22. The molecule has 0 amide bonds. The zero-order valence-electron chi connectivity index (χ0n) is 17.9. The first-order chi connectivity index (χ1) is 14.2. The van der Waals surface area contributed by atoms with Crippen molar-refractivity contribution >= 4 is 22.5 Å². The minimum absolute atomic E-state index is 1.03. The lowest BCUT2D eigenvalue weighted by Crippen LogP contribution is -2.30. The highest BCUT2D eigenvalue weighted by molar-refractivity contribution is 7.98. The van der Waals surface area contributed by atoms with Gasteiger partial charge >= 0.3 is 0 Å². The zero-order chi connectivity index (χ0) is 20.3. The van der Waals surface area contributed by atoms with Gasteiger partial charge in [0.05, 0.1) is 0 Å². The first-order valence-electron chi connectivity index (χ1n) is 10.7. The molecule has 3 rings (SSSR count). The van der Waals surface area contributed by atoms with Crippen LogP contribution in [0.15, 0.2) is 72.8 Å². The highest BCUT2D eigenvalue weighted by Crippen LogP contribution is 2.18. The average Bonchev–Trinajstić information content (AvgIpc) is 2.77. The molecule has 0 heterocycles. The third-order valence-electron chi connectivity index (χ3n) is 5.44. The Morgan fingerprint density at radius 2 is 1.52 bits per heavy atom. The molecule has 0 aliphatic carbocycles. The first kappa shape index (κ1) is 21.9. The zero-order valence-corrected chi connectivity index (χ0v) is 18.7. The van der Waals surface area contributed by atoms with Gasteiger partial charge in [0.2, 0.25) is 0 Å². The molecule has 0 spiro atoms. The van der Waals surface area contributed by atoms with Gasteiger partial charge in [-0.3, -0.25) is 4.90 Å². The smallest absolute Gasteiger partial charge is 0.0234 e. The first-order valence-corrected chi connectivity index (χ1v) is 11.9. The van der Waals surface area contributed by atoms with Crippen molar-refractivity contribution in [3.05, 3.63) is 83.9 Å². The Kier molecular flexibility index (Phi) is 9.07. The predicted molar refractivity (Wildman–Crippen MR) is 130 cm³/mol. The normalized spacial score (nSPS) is 11.6. The van der Waals surface area contributed by atoms with Crippen LogP contribution in [0.25, 0.3) is 10.8 Å². The number of fused-ring (bicyclic) bond motifs is 1. The van der Waals surface area contributed by atoms with E-state index in [4.69, 9.17) is 0 Å². The van der Waals surface area contributed by atoms with Gasteiger partial charge in [-0.25, -0.2) is 0 Å². The number of hydrogen-bond donors (Lipinski definition) is 0. The molecule has 0 radical (unpaired) electrons. The average molecular weight is 407 g/mol. The van der Waals surface area contributed by atoms with Crippen LogP contribution < -0.4 is 0 Å². The van der Waals surface area contributed by atoms with Crippen LogP contribution in [-0.4, -0.2) is 48.8 Å². The Labute approximate surface area is 180 Å². The summed E-state index contributed by atoms with van der Waals surface area (Å²) in [6, 6.07) is 26.4. The monoisotopic (exact) mass is 406 g/mol. The molecule has 0 fully saturated rings. The summed E-state index contributed by atoms with van der Waals surface area (Å²) in [5, 5.41) is 2.67. The van der Waals surface area contributed by atoms with Gasteiger partial charge in [0.15, 0.2) is 0 Å². The number of hydrogen-bond acceptors (Lipinski definition) is 3. The van der Waals surface area contributed by atoms with Gasteiger partial charge in [-0.05, 0) is 61.1 Å². The van der Waals surface area contributed by atoms with Gasteiger partial charge in [0, 0.05) is 24.6 Å². The third-order valence-corrected chi connectivity index (χ3v) is 6.45. The van der Waals surface area contributed by atoms with Crippen LogP contribution in [0.5, 0.6) is 0 Å². The molecule has 2 nitrogen and oxygen atoms in total. The van der Waals surface area contributed by atoms with Crippen LogP contribution in [-0.2, 0) is 12.3 Å². The molecule has 0 N–H and O–H groups in total. The van der Waals surface area contributed by atoms with Crippen molar-refractivity contribution in [2.75, 3.05) is 39.0 Å². The van der Waals surface area contributed by atoms with Crippen molar-refractivity contribution in [3.8, 4) is 0 Å². The summed E-state index contributed by atoms with van der Waals surface area (Å²) in [5.41, 5.74) is 2.84. The van der Waals surface area contributed by atoms with Crippen LogP contribution >= 0.6 is 11.8 Å². The lowest BCUT2D eigenvalue weighted by atomic mass is 10.1. The minimum atomic E-state index is 1.03. The van der Waals surface area contributed by atoms with Crippen molar-refractivity contribution in [2.45, 2.75) is 25.6 Å². The second-order valence-electron chi connectivity index (χ2n) is 7.75. The maximum absolute atomic E-state index is 2.63. The van der Waals surface area contributed by atoms with E-state index in [0.29, 0.717) is 0 Å². The number of thioether (sulfide) groups is 1. The Balaban J connectivity index is 1.55. The van der Waals surface area contributed by atoms with Crippen molar-refractivity contribution < 1.29 is 0 Å². The summed E-state index contributed by atoms with van der Waals surface area (Å²) < 4.78 is 0.